The zero-order chi connectivity index (χ0) is 21.3. The number of carbonyl (C=O) groups is 1. The third kappa shape index (κ3) is 4.11. The number of nitrogens with one attached hydrogen (secondary N) is 1. The van der Waals surface area contributed by atoms with Crippen molar-refractivity contribution in [1.82, 2.24) is 19.8 Å². The molecule has 4 rings (SSSR count). The van der Waals surface area contributed by atoms with E-state index in [1.807, 2.05) is 61.9 Å². The first-order chi connectivity index (χ1) is 14.4. The van der Waals surface area contributed by atoms with Gasteiger partial charge in [-0.1, -0.05) is 18.2 Å². The molecule has 1 aliphatic rings. The lowest BCUT2D eigenvalue weighted by Crippen LogP contribution is -2.50. The monoisotopic (exact) mass is 408 g/mol. The van der Waals surface area contributed by atoms with E-state index in [9.17, 15) is 4.79 Å². The van der Waals surface area contributed by atoms with Crippen LogP contribution >= 0.6 is 0 Å². The quantitative estimate of drug-likeness (QED) is 0.712. The van der Waals surface area contributed by atoms with E-state index in [-0.39, 0.29) is 12.1 Å². The fraction of sp³-hybridized carbons (Fsp3) is 0.391. The van der Waals surface area contributed by atoms with E-state index in [1.165, 1.54) is 0 Å². The zero-order valence-electron chi connectivity index (χ0n) is 17.9. The summed E-state index contributed by atoms with van der Waals surface area (Å²) in [5.41, 5.74) is 3.61. The fourth-order valence-electron chi connectivity index (χ4n) is 3.74. The fourth-order valence-corrected chi connectivity index (χ4v) is 3.74. The van der Waals surface area contributed by atoms with Crippen molar-refractivity contribution in [1.29, 1.82) is 0 Å². The Morgan fingerprint density at radius 2 is 1.87 bits per heavy atom. The molecular formula is C23H28N4O3. The predicted octanol–water partition coefficient (Wildman–Crippen LogP) is 3.89. The highest BCUT2D eigenvalue weighted by Gasteiger charge is 2.33. The molecule has 0 radical (unpaired) electrons. The summed E-state index contributed by atoms with van der Waals surface area (Å²) in [6.07, 6.45) is 3.57. The number of benzene rings is 1. The summed E-state index contributed by atoms with van der Waals surface area (Å²) >= 11 is 0. The van der Waals surface area contributed by atoms with Crippen molar-refractivity contribution in [2.24, 2.45) is 0 Å². The molecular weight excluding hydrogens is 380 g/mol. The van der Waals surface area contributed by atoms with Gasteiger partial charge in [-0.05, 0) is 44.5 Å². The van der Waals surface area contributed by atoms with E-state index in [0.29, 0.717) is 13.1 Å². The van der Waals surface area contributed by atoms with E-state index in [4.69, 9.17) is 9.47 Å². The summed E-state index contributed by atoms with van der Waals surface area (Å²) in [6, 6.07) is 12.0. The Morgan fingerprint density at radius 1 is 1.13 bits per heavy atom. The highest BCUT2D eigenvalue weighted by Crippen LogP contribution is 2.30. The van der Waals surface area contributed by atoms with Crippen LogP contribution in [0.5, 0.6) is 5.75 Å². The van der Waals surface area contributed by atoms with Gasteiger partial charge in [0.2, 0.25) is 0 Å². The maximum Gasteiger partial charge on any atom is 0.410 e. The van der Waals surface area contributed by atoms with Crippen LogP contribution in [0.3, 0.4) is 0 Å². The van der Waals surface area contributed by atoms with Crippen molar-refractivity contribution in [3.8, 4) is 16.9 Å². The molecule has 30 heavy (non-hydrogen) atoms. The first-order valence-corrected chi connectivity index (χ1v) is 10.2. The summed E-state index contributed by atoms with van der Waals surface area (Å²) in [7, 11) is 1.66. The molecule has 1 unspecified atom stereocenters. The van der Waals surface area contributed by atoms with Crippen molar-refractivity contribution in [3.05, 3.63) is 54.4 Å². The minimum absolute atomic E-state index is 0.127. The van der Waals surface area contributed by atoms with Crippen LogP contribution in [0.25, 0.3) is 16.6 Å². The van der Waals surface area contributed by atoms with Crippen LogP contribution in [0.4, 0.5) is 4.79 Å². The Morgan fingerprint density at radius 3 is 2.57 bits per heavy atom. The van der Waals surface area contributed by atoms with E-state index in [0.717, 1.165) is 34.5 Å². The molecule has 1 saturated heterocycles. The molecule has 7 heteroatoms. The maximum atomic E-state index is 12.8. The lowest BCUT2D eigenvalue weighted by molar-refractivity contribution is 0.0119. The van der Waals surface area contributed by atoms with Gasteiger partial charge in [0.1, 0.15) is 11.4 Å². The first-order valence-electron chi connectivity index (χ1n) is 10.2. The zero-order valence-corrected chi connectivity index (χ0v) is 17.9. The minimum atomic E-state index is -0.527. The summed E-state index contributed by atoms with van der Waals surface area (Å²) < 4.78 is 12.7. The van der Waals surface area contributed by atoms with Gasteiger partial charge in [0.05, 0.1) is 24.9 Å². The highest BCUT2D eigenvalue weighted by molar-refractivity contribution is 5.71. The molecule has 3 heterocycles. The van der Waals surface area contributed by atoms with Gasteiger partial charge in [0, 0.05) is 37.0 Å². The number of amides is 1. The van der Waals surface area contributed by atoms with Crippen molar-refractivity contribution in [3.63, 3.8) is 0 Å². The number of methoxy groups -OCH3 is 1. The molecule has 1 atom stereocenters. The number of nitrogens with zero attached hydrogens (tertiary/aromatic N) is 3. The van der Waals surface area contributed by atoms with Gasteiger partial charge in [-0.25, -0.2) is 9.31 Å². The Balaban J connectivity index is 1.64. The van der Waals surface area contributed by atoms with Gasteiger partial charge in [0.25, 0.3) is 0 Å². The molecule has 0 saturated carbocycles. The van der Waals surface area contributed by atoms with E-state index in [1.54, 1.807) is 12.0 Å². The van der Waals surface area contributed by atoms with Crippen LogP contribution in [-0.4, -0.2) is 53.0 Å². The summed E-state index contributed by atoms with van der Waals surface area (Å²) in [5.74, 6) is 0.827. The lowest BCUT2D eigenvalue weighted by Gasteiger charge is -2.36. The van der Waals surface area contributed by atoms with Crippen molar-refractivity contribution in [2.75, 3.05) is 26.7 Å². The minimum Gasteiger partial charge on any atom is -0.497 e. The molecule has 1 N–H and O–H groups in total. The molecule has 158 valence electrons. The molecule has 1 amide bonds. The molecule has 7 nitrogen and oxygen atoms in total. The van der Waals surface area contributed by atoms with Crippen molar-refractivity contribution in [2.45, 2.75) is 32.4 Å². The molecule has 0 spiro atoms. The van der Waals surface area contributed by atoms with Gasteiger partial charge < -0.3 is 14.8 Å². The van der Waals surface area contributed by atoms with Crippen LogP contribution in [0.15, 0.2) is 48.8 Å². The van der Waals surface area contributed by atoms with Crippen LogP contribution in [0.2, 0.25) is 0 Å². The number of ether oxygens (including phenoxy) is 2. The van der Waals surface area contributed by atoms with Gasteiger partial charge in [-0.2, -0.15) is 5.10 Å². The van der Waals surface area contributed by atoms with Crippen LogP contribution in [0, 0.1) is 0 Å². The Bertz CT molecular complexity index is 1040. The second-order valence-electron chi connectivity index (χ2n) is 8.47. The molecule has 0 bridgehead atoms. The second-order valence-corrected chi connectivity index (χ2v) is 8.47. The Kier molecular flexibility index (Phi) is 5.39. The molecule has 1 aliphatic heterocycles. The average Bonchev–Trinajstić information content (AvgIpc) is 3.15. The number of piperazine rings is 1. The van der Waals surface area contributed by atoms with Gasteiger partial charge in [-0.3, -0.25) is 4.90 Å². The third-order valence-corrected chi connectivity index (χ3v) is 5.20. The number of hydrogen-bond donors (Lipinski definition) is 1. The number of rotatable bonds is 3. The smallest absolute Gasteiger partial charge is 0.410 e. The Labute approximate surface area is 176 Å². The Hall–Kier alpha value is -3.06. The highest BCUT2D eigenvalue weighted by atomic mass is 16.6. The average molecular weight is 409 g/mol. The second kappa shape index (κ2) is 7.99. The number of fused-ring (bicyclic) bond motifs is 1. The first kappa shape index (κ1) is 20.2. The van der Waals surface area contributed by atoms with Crippen LogP contribution < -0.4 is 10.1 Å². The van der Waals surface area contributed by atoms with Gasteiger partial charge >= 0.3 is 6.09 Å². The summed E-state index contributed by atoms with van der Waals surface area (Å²) in [5, 5.41) is 7.95. The predicted molar refractivity (Wildman–Crippen MR) is 116 cm³/mol. The van der Waals surface area contributed by atoms with E-state index < -0.39 is 5.60 Å². The van der Waals surface area contributed by atoms with Gasteiger partial charge in [-0.15, -0.1) is 0 Å². The normalized spacial score (nSPS) is 17.2. The summed E-state index contributed by atoms with van der Waals surface area (Å²) in [4.78, 5) is 14.6. The van der Waals surface area contributed by atoms with Crippen molar-refractivity contribution >= 4 is 11.6 Å². The molecule has 3 aromatic rings. The van der Waals surface area contributed by atoms with E-state index >= 15 is 0 Å². The standard InChI is InChI=1S/C23H28N4O3/c1-23(2,3)30-22(28)26-12-11-24-14-21(26)19-13-25-27-15-17(7-10-20(19)27)16-5-8-18(29-4)9-6-16/h5-10,13,15,21,24H,11-12,14H2,1-4H3. The number of carbonyl (C=O) groups excluding carboxylic acids is 1. The summed E-state index contributed by atoms with van der Waals surface area (Å²) in [6.45, 7) is 7.67. The molecule has 0 aliphatic carbocycles. The number of pyridine rings is 1. The largest absolute Gasteiger partial charge is 0.497 e. The van der Waals surface area contributed by atoms with Crippen molar-refractivity contribution < 1.29 is 14.3 Å². The van der Waals surface area contributed by atoms with Crippen LogP contribution in [0.1, 0.15) is 32.4 Å². The number of aromatic nitrogens is 2. The van der Waals surface area contributed by atoms with Gasteiger partial charge in [0.15, 0.2) is 0 Å². The molecule has 1 aromatic carbocycles. The number of hydrogen-bond acceptors (Lipinski definition) is 5. The molecule has 1 fully saturated rings. The van der Waals surface area contributed by atoms with Crippen LogP contribution in [-0.2, 0) is 4.74 Å². The molecule has 2 aromatic heterocycles. The lowest BCUT2D eigenvalue weighted by atomic mass is 10.0. The maximum absolute atomic E-state index is 12.8. The third-order valence-electron chi connectivity index (χ3n) is 5.20. The van der Waals surface area contributed by atoms with E-state index in [2.05, 4.69) is 22.5 Å². The SMILES string of the molecule is COc1ccc(-c2ccc3c(C4CNCCN4C(=O)OC(C)(C)C)cnn3c2)cc1. The topological polar surface area (TPSA) is 68.1 Å².